The van der Waals surface area contributed by atoms with Crippen LogP contribution in [0.1, 0.15) is 48.5 Å². The van der Waals surface area contributed by atoms with Crippen LogP contribution in [0.5, 0.6) is 0 Å². The van der Waals surface area contributed by atoms with Crippen LogP contribution in [0.2, 0.25) is 0 Å². The molecule has 1 aliphatic carbocycles. The summed E-state index contributed by atoms with van der Waals surface area (Å²) in [6.45, 7) is 4.56. The van der Waals surface area contributed by atoms with Crippen LogP contribution >= 0.6 is 10.7 Å². The van der Waals surface area contributed by atoms with Crippen LogP contribution < -0.4 is 0 Å². The highest BCUT2D eigenvalue weighted by molar-refractivity contribution is 8.13. The van der Waals surface area contributed by atoms with E-state index in [0.717, 1.165) is 31.2 Å². The summed E-state index contributed by atoms with van der Waals surface area (Å²) in [6.07, 6.45) is 3.89. The number of carbonyl (C=O) groups is 1. The van der Waals surface area contributed by atoms with Crippen molar-refractivity contribution < 1.29 is 13.2 Å². The molecule has 1 fully saturated rings. The third-order valence-corrected chi connectivity index (χ3v) is 5.01. The lowest BCUT2D eigenvalue weighted by Gasteiger charge is -2.23. The van der Waals surface area contributed by atoms with Gasteiger partial charge in [-0.1, -0.05) is 25.0 Å². The second-order valence-electron chi connectivity index (χ2n) is 5.52. The Kier molecular flexibility index (Phi) is 4.94. The smallest absolute Gasteiger partial charge is 0.262 e. The SMILES string of the molecule is CCCCN(C(=O)c1cc(C)ccc1S(=O)(=O)Cl)C1CC1. The standard InChI is InChI=1S/C15H20ClNO3S/c1-3-4-9-17(12-6-7-12)15(18)13-10-11(2)5-8-14(13)21(16,19)20/h5,8,10,12H,3-4,6-7,9H2,1-2H3. The third-order valence-electron chi connectivity index (χ3n) is 3.63. The van der Waals surface area contributed by atoms with Gasteiger partial charge in [0.25, 0.3) is 15.0 Å². The van der Waals surface area contributed by atoms with E-state index in [4.69, 9.17) is 10.7 Å². The number of hydrogen-bond acceptors (Lipinski definition) is 3. The van der Waals surface area contributed by atoms with Crippen LogP contribution in [0.15, 0.2) is 23.1 Å². The van der Waals surface area contributed by atoms with Gasteiger partial charge in [-0.3, -0.25) is 4.79 Å². The average Bonchev–Trinajstić information content (AvgIpc) is 3.22. The minimum absolute atomic E-state index is 0.0954. The van der Waals surface area contributed by atoms with Gasteiger partial charge in [-0.05, 0) is 38.3 Å². The molecule has 1 aliphatic rings. The zero-order chi connectivity index (χ0) is 15.6. The van der Waals surface area contributed by atoms with E-state index in [9.17, 15) is 13.2 Å². The fraction of sp³-hybridized carbons (Fsp3) is 0.533. The number of aryl methyl sites for hydroxylation is 1. The largest absolute Gasteiger partial charge is 0.336 e. The van der Waals surface area contributed by atoms with Crippen molar-refractivity contribution in [3.63, 3.8) is 0 Å². The van der Waals surface area contributed by atoms with Crippen LogP contribution in [0.4, 0.5) is 0 Å². The molecule has 1 aromatic carbocycles. The van der Waals surface area contributed by atoms with Crippen LogP contribution in [-0.4, -0.2) is 31.8 Å². The molecule has 1 saturated carbocycles. The Hall–Kier alpha value is -1.07. The third kappa shape index (κ3) is 3.98. The Morgan fingerprint density at radius 1 is 1.38 bits per heavy atom. The van der Waals surface area contributed by atoms with Crippen LogP contribution in [0.3, 0.4) is 0 Å². The highest BCUT2D eigenvalue weighted by Crippen LogP contribution is 2.31. The predicted molar refractivity (Wildman–Crippen MR) is 83.2 cm³/mol. The fourth-order valence-corrected chi connectivity index (χ4v) is 3.39. The minimum atomic E-state index is -3.93. The number of carbonyl (C=O) groups excluding carboxylic acids is 1. The first-order valence-electron chi connectivity index (χ1n) is 7.21. The van der Waals surface area contributed by atoms with Crippen molar-refractivity contribution in [1.82, 2.24) is 4.90 Å². The zero-order valence-corrected chi connectivity index (χ0v) is 13.9. The lowest BCUT2D eigenvalue weighted by atomic mass is 10.1. The van der Waals surface area contributed by atoms with Crippen molar-refractivity contribution in [2.45, 2.75) is 50.5 Å². The van der Waals surface area contributed by atoms with E-state index >= 15 is 0 Å². The summed E-state index contributed by atoms with van der Waals surface area (Å²) < 4.78 is 23.4. The van der Waals surface area contributed by atoms with Gasteiger partial charge in [0.2, 0.25) is 0 Å². The first kappa shape index (κ1) is 16.3. The van der Waals surface area contributed by atoms with E-state index in [0.29, 0.717) is 6.54 Å². The molecule has 0 spiro atoms. The molecule has 0 aliphatic heterocycles. The highest BCUT2D eigenvalue weighted by Gasteiger charge is 2.34. The number of rotatable bonds is 6. The van der Waals surface area contributed by atoms with Crippen molar-refractivity contribution in [2.75, 3.05) is 6.54 Å². The zero-order valence-electron chi connectivity index (χ0n) is 12.3. The van der Waals surface area contributed by atoms with Crippen molar-refractivity contribution in [2.24, 2.45) is 0 Å². The molecule has 1 aromatic rings. The van der Waals surface area contributed by atoms with Crippen LogP contribution in [-0.2, 0) is 9.05 Å². The number of halogens is 1. The van der Waals surface area contributed by atoms with Gasteiger partial charge in [0.05, 0.1) is 10.5 Å². The van der Waals surface area contributed by atoms with Gasteiger partial charge in [0, 0.05) is 23.3 Å². The lowest BCUT2D eigenvalue weighted by Crippen LogP contribution is -2.34. The summed E-state index contributed by atoms with van der Waals surface area (Å²) in [6, 6.07) is 4.92. The van der Waals surface area contributed by atoms with Gasteiger partial charge in [-0.15, -0.1) is 0 Å². The Morgan fingerprint density at radius 2 is 2.05 bits per heavy atom. The molecule has 6 heteroatoms. The predicted octanol–water partition coefficient (Wildman–Crippen LogP) is 3.33. The summed E-state index contributed by atoms with van der Waals surface area (Å²) in [5.41, 5.74) is 1.03. The Balaban J connectivity index is 2.39. The molecule has 21 heavy (non-hydrogen) atoms. The molecule has 2 rings (SSSR count). The Labute approximate surface area is 130 Å². The summed E-state index contributed by atoms with van der Waals surface area (Å²) >= 11 is 0. The monoisotopic (exact) mass is 329 g/mol. The number of hydrogen-bond donors (Lipinski definition) is 0. The molecule has 0 bridgehead atoms. The number of unbranched alkanes of at least 4 members (excludes halogenated alkanes) is 1. The average molecular weight is 330 g/mol. The quantitative estimate of drug-likeness (QED) is 0.752. The molecule has 1 amide bonds. The van der Waals surface area contributed by atoms with Gasteiger partial charge in [0.1, 0.15) is 0 Å². The molecule has 4 nitrogen and oxygen atoms in total. The van der Waals surface area contributed by atoms with Gasteiger partial charge < -0.3 is 4.90 Å². The van der Waals surface area contributed by atoms with Gasteiger partial charge in [-0.25, -0.2) is 8.42 Å². The van der Waals surface area contributed by atoms with Crippen molar-refractivity contribution in [1.29, 1.82) is 0 Å². The Morgan fingerprint density at radius 3 is 2.57 bits per heavy atom. The normalized spacial score (nSPS) is 15.0. The first-order valence-corrected chi connectivity index (χ1v) is 9.51. The molecule has 0 unspecified atom stereocenters. The van der Waals surface area contributed by atoms with Gasteiger partial charge >= 0.3 is 0 Å². The highest BCUT2D eigenvalue weighted by atomic mass is 35.7. The van der Waals surface area contributed by atoms with Gasteiger partial charge in [0.15, 0.2) is 0 Å². The van der Waals surface area contributed by atoms with Gasteiger partial charge in [-0.2, -0.15) is 0 Å². The van der Waals surface area contributed by atoms with Crippen LogP contribution in [0, 0.1) is 6.92 Å². The molecule has 0 heterocycles. The Bertz CT molecular complexity index is 638. The summed E-state index contributed by atoms with van der Waals surface area (Å²) in [5, 5.41) is 0. The molecule has 0 radical (unpaired) electrons. The summed E-state index contributed by atoms with van der Waals surface area (Å²) in [5.74, 6) is -0.228. The number of benzene rings is 1. The summed E-state index contributed by atoms with van der Waals surface area (Å²) in [4.78, 5) is 14.5. The molecule has 116 valence electrons. The second kappa shape index (κ2) is 6.36. The van der Waals surface area contributed by atoms with Crippen molar-refractivity contribution in [3.05, 3.63) is 29.3 Å². The molecule has 0 N–H and O–H groups in total. The minimum Gasteiger partial charge on any atom is -0.336 e. The van der Waals surface area contributed by atoms with Crippen molar-refractivity contribution >= 4 is 25.6 Å². The maximum absolute atomic E-state index is 12.8. The van der Waals surface area contributed by atoms with E-state index in [1.54, 1.807) is 17.0 Å². The number of amides is 1. The fourth-order valence-electron chi connectivity index (χ4n) is 2.34. The van der Waals surface area contributed by atoms with E-state index in [-0.39, 0.29) is 22.4 Å². The van der Waals surface area contributed by atoms with Crippen LogP contribution in [0.25, 0.3) is 0 Å². The molecule has 0 aromatic heterocycles. The maximum Gasteiger partial charge on any atom is 0.262 e. The first-order chi connectivity index (χ1) is 9.84. The maximum atomic E-state index is 12.8. The second-order valence-corrected chi connectivity index (χ2v) is 8.06. The van der Waals surface area contributed by atoms with E-state index < -0.39 is 9.05 Å². The number of nitrogens with zero attached hydrogens (tertiary/aromatic N) is 1. The molecule has 0 saturated heterocycles. The molecular formula is C15H20ClNO3S. The van der Waals surface area contributed by atoms with E-state index in [2.05, 4.69) is 6.92 Å². The molecular weight excluding hydrogens is 310 g/mol. The topological polar surface area (TPSA) is 54.5 Å². The van der Waals surface area contributed by atoms with Crippen molar-refractivity contribution in [3.8, 4) is 0 Å². The van der Waals surface area contributed by atoms with E-state index in [1.165, 1.54) is 6.07 Å². The molecule has 0 atom stereocenters. The lowest BCUT2D eigenvalue weighted by molar-refractivity contribution is 0.0737. The van der Waals surface area contributed by atoms with E-state index in [1.807, 2.05) is 6.92 Å². The summed E-state index contributed by atoms with van der Waals surface area (Å²) in [7, 11) is 1.54.